The molecule has 0 N–H and O–H groups in total. The Morgan fingerprint density at radius 1 is 1.18 bits per heavy atom. The highest BCUT2D eigenvalue weighted by Gasteiger charge is 2.37. The molecular weight excluding hydrogens is 440 g/mol. The fourth-order valence-corrected chi connectivity index (χ4v) is 5.00. The normalized spacial score (nSPS) is 19.4. The molecule has 0 aliphatic carbocycles. The molecule has 2 atom stereocenters. The van der Waals surface area contributed by atoms with E-state index in [2.05, 4.69) is 62.8 Å². The molecule has 2 aromatic carbocycles. The first-order valence-corrected chi connectivity index (χ1v) is 11.8. The van der Waals surface area contributed by atoms with Crippen molar-refractivity contribution >= 4 is 37.0 Å². The number of hydrogen-bond acceptors (Lipinski definition) is 4. The second-order valence-electron chi connectivity index (χ2n) is 7.48. The zero-order valence-electron chi connectivity index (χ0n) is 15.9. The molecule has 1 aromatic heterocycles. The van der Waals surface area contributed by atoms with Crippen LogP contribution < -0.4 is 0 Å². The van der Waals surface area contributed by atoms with Gasteiger partial charge in [-0.2, -0.15) is 8.42 Å². The highest BCUT2D eigenvalue weighted by molar-refractivity contribution is 9.10. The van der Waals surface area contributed by atoms with Crippen LogP contribution in [-0.2, 0) is 27.4 Å². The molecule has 0 fully saturated rings. The molecule has 2 heterocycles. The van der Waals surface area contributed by atoms with Gasteiger partial charge in [0.25, 0.3) is 10.1 Å². The van der Waals surface area contributed by atoms with Gasteiger partial charge in [-0.3, -0.25) is 9.08 Å². The number of fused-ring (bicyclic) bond motifs is 3. The van der Waals surface area contributed by atoms with Crippen LogP contribution in [0.3, 0.4) is 0 Å². The fourth-order valence-electron chi connectivity index (χ4n) is 4.20. The third-order valence-electron chi connectivity index (χ3n) is 5.31. The smallest absolute Gasteiger partial charge is 0.264 e. The molecule has 0 saturated carbocycles. The van der Waals surface area contributed by atoms with Crippen molar-refractivity contribution in [3.8, 4) is 0 Å². The minimum Gasteiger partial charge on any atom is -0.343 e. The Morgan fingerprint density at radius 2 is 1.93 bits per heavy atom. The summed E-state index contributed by atoms with van der Waals surface area (Å²) in [6.07, 6.45) is 1.11. The molecule has 3 aromatic rings. The van der Waals surface area contributed by atoms with E-state index in [1.54, 1.807) is 0 Å². The van der Waals surface area contributed by atoms with Crippen molar-refractivity contribution in [3.63, 3.8) is 0 Å². The van der Waals surface area contributed by atoms with Gasteiger partial charge in [-0.15, -0.1) is 0 Å². The molecule has 148 valence electrons. The lowest BCUT2D eigenvalue weighted by Crippen LogP contribution is -2.30. The Hall–Kier alpha value is -1.67. The van der Waals surface area contributed by atoms with Gasteiger partial charge in [0, 0.05) is 40.1 Å². The summed E-state index contributed by atoms with van der Waals surface area (Å²) in [5.41, 5.74) is 3.59. The largest absolute Gasteiger partial charge is 0.343 e. The van der Waals surface area contributed by atoms with Gasteiger partial charge >= 0.3 is 0 Å². The lowest BCUT2D eigenvalue weighted by atomic mass is 9.99. The first kappa shape index (κ1) is 19.6. The van der Waals surface area contributed by atoms with Crippen LogP contribution in [-0.4, -0.2) is 37.8 Å². The van der Waals surface area contributed by atoms with E-state index < -0.39 is 10.1 Å². The van der Waals surface area contributed by atoms with Crippen molar-refractivity contribution in [2.24, 2.45) is 5.92 Å². The molecule has 28 heavy (non-hydrogen) atoms. The van der Waals surface area contributed by atoms with Crippen molar-refractivity contribution in [1.82, 2.24) is 9.47 Å². The zero-order valence-corrected chi connectivity index (χ0v) is 18.3. The van der Waals surface area contributed by atoms with Crippen LogP contribution in [0.5, 0.6) is 0 Å². The van der Waals surface area contributed by atoms with Crippen molar-refractivity contribution in [2.45, 2.75) is 19.1 Å². The molecule has 0 saturated heterocycles. The SMILES string of the molecule is CN(Cc1ccccc1)[C@@H]1c2cc3cc(Br)ccc3n2C[C@@H]1COS(C)(=O)=O. The van der Waals surface area contributed by atoms with Gasteiger partial charge in [-0.05, 0) is 36.9 Å². The van der Waals surface area contributed by atoms with Crippen LogP contribution in [0.1, 0.15) is 17.3 Å². The number of nitrogens with zero attached hydrogens (tertiary/aromatic N) is 2. The maximum absolute atomic E-state index is 11.6. The van der Waals surface area contributed by atoms with E-state index >= 15 is 0 Å². The number of aromatic nitrogens is 1. The number of benzene rings is 2. The number of halogens is 1. The second-order valence-corrected chi connectivity index (χ2v) is 10.0. The Bertz CT molecular complexity index is 1100. The van der Waals surface area contributed by atoms with E-state index in [1.807, 2.05) is 24.3 Å². The summed E-state index contributed by atoms with van der Waals surface area (Å²) in [6, 6.07) is 18.9. The molecule has 1 aliphatic rings. The molecule has 0 bridgehead atoms. The van der Waals surface area contributed by atoms with Gasteiger partial charge in [-0.1, -0.05) is 46.3 Å². The summed E-state index contributed by atoms with van der Waals surface area (Å²) in [7, 11) is -1.38. The van der Waals surface area contributed by atoms with E-state index in [9.17, 15) is 8.42 Å². The molecule has 5 nitrogen and oxygen atoms in total. The first-order valence-electron chi connectivity index (χ1n) is 9.19. The first-order chi connectivity index (χ1) is 13.3. The maximum atomic E-state index is 11.6. The minimum absolute atomic E-state index is 0.0616. The summed E-state index contributed by atoms with van der Waals surface area (Å²) >= 11 is 3.55. The molecule has 7 heteroatoms. The zero-order chi connectivity index (χ0) is 19.9. The number of hydrogen-bond donors (Lipinski definition) is 0. The van der Waals surface area contributed by atoms with E-state index in [-0.39, 0.29) is 18.6 Å². The van der Waals surface area contributed by atoms with Crippen LogP contribution in [0.4, 0.5) is 0 Å². The molecule has 1 aliphatic heterocycles. The third kappa shape index (κ3) is 4.03. The van der Waals surface area contributed by atoms with Gasteiger partial charge in [0.15, 0.2) is 0 Å². The lowest BCUT2D eigenvalue weighted by molar-refractivity contribution is 0.136. The molecule has 0 radical (unpaired) electrons. The maximum Gasteiger partial charge on any atom is 0.264 e. The van der Waals surface area contributed by atoms with Crippen LogP contribution in [0.15, 0.2) is 59.1 Å². The predicted octanol–water partition coefficient (Wildman–Crippen LogP) is 4.18. The fraction of sp³-hybridized carbons (Fsp3) is 0.333. The molecule has 0 spiro atoms. The third-order valence-corrected chi connectivity index (χ3v) is 6.37. The predicted molar refractivity (Wildman–Crippen MR) is 115 cm³/mol. The molecule has 0 unspecified atom stereocenters. The highest BCUT2D eigenvalue weighted by atomic mass is 79.9. The van der Waals surface area contributed by atoms with Crippen LogP contribution in [0.25, 0.3) is 10.9 Å². The van der Waals surface area contributed by atoms with Crippen molar-refractivity contribution in [3.05, 3.63) is 70.3 Å². The average molecular weight is 463 g/mol. The van der Waals surface area contributed by atoms with Crippen molar-refractivity contribution < 1.29 is 12.6 Å². The van der Waals surface area contributed by atoms with Gasteiger partial charge in [0.05, 0.1) is 18.9 Å². The molecule has 0 amide bonds. The molecule has 4 rings (SSSR count). The standard InChI is InChI=1S/C21H23BrN2O3S/c1-23(12-15-6-4-3-5-7-15)21-17(14-27-28(2,25)26)13-24-19-9-8-18(22)10-16(19)11-20(21)24/h3-11,17,21H,12-14H2,1-2H3/t17-,21+/m1/s1. The topological polar surface area (TPSA) is 51.5 Å². The second kappa shape index (κ2) is 7.63. The van der Waals surface area contributed by atoms with Crippen LogP contribution in [0, 0.1) is 5.92 Å². The quantitative estimate of drug-likeness (QED) is 0.515. The summed E-state index contributed by atoms with van der Waals surface area (Å²) in [5.74, 6) is 0.0616. The Morgan fingerprint density at radius 3 is 2.64 bits per heavy atom. The summed E-state index contributed by atoms with van der Waals surface area (Å²) in [5, 5.41) is 1.19. The average Bonchev–Trinajstić information content (AvgIpc) is 3.14. The van der Waals surface area contributed by atoms with Crippen LogP contribution >= 0.6 is 15.9 Å². The van der Waals surface area contributed by atoms with E-state index in [1.165, 1.54) is 16.6 Å². The lowest BCUT2D eigenvalue weighted by Gasteiger charge is -2.29. The Balaban J connectivity index is 1.69. The van der Waals surface area contributed by atoms with Crippen LogP contribution in [0.2, 0.25) is 0 Å². The van der Waals surface area contributed by atoms with Crippen molar-refractivity contribution in [2.75, 3.05) is 19.9 Å². The van der Waals surface area contributed by atoms with E-state index in [0.29, 0.717) is 0 Å². The monoisotopic (exact) mass is 462 g/mol. The molecular formula is C21H23BrN2O3S. The minimum atomic E-state index is -3.47. The highest BCUT2D eigenvalue weighted by Crippen LogP contribution is 2.41. The summed E-state index contributed by atoms with van der Waals surface area (Å²) < 4.78 is 31.7. The Kier molecular flexibility index (Phi) is 5.35. The summed E-state index contributed by atoms with van der Waals surface area (Å²) in [4.78, 5) is 2.29. The number of rotatable bonds is 6. The van der Waals surface area contributed by atoms with Gasteiger partial charge in [0.1, 0.15) is 0 Å². The Labute approximate surface area is 174 Å². The van der Waals surface area contributed by atoms with E-state index in [0.717, 1.165) is 29.3 Å². The summed E-state index contributed by atoms with van der Waals surface area (Å²) in [6.45, 7) is 1.70. The van der Waals surface area contributed by atoms with Gasteiger partial charge in [0.2, 0.25) is 0 Å². The van der Waals surface area contributed by atoms with E-state index in [4.69, 9.17) is 4.18 Å². The van der Waals surface area contributed by atoms with Gasteiger partial charge in [-0.25, -0.2) is 0 Å². The van der Waals surface area contributed by atoms with Gasteiger partial charge < -0.3 is 4.57 Å². The van der Waals surface area contributed by atoms with Crippen molar-refractivity contribution in [1.29, 1.82) is 0 Å².